The number of nitrogens with zero attached hydrogens (tertiary/aromatic N) is 4. The monoisotopic (exact) mass is 310 g/mol. The molecule has 0 atom stereocenters. The molecule has 1 aromatic carbocycles. The summed E-state index contributed by atoms with van der Waals surface area (Å²) in [7, 11) is 0. The molecule has 1 aromatic heterocycles. The van der Waals surface area contributed by atoms with Crippen molar-refractivity contribution in [2.45, 2.75) is 19.5 Å². The second-order valence-corrected chi connectivity index (χ2v) is 6.19. The highest BCUT2D eigenvalue weighted by atomic mass is 16.5. The SMILES string of the molecule is c1ccc(CN2CCc3nc(N4CCOCC4)ncc3C2)cc1. The Morgan fingerprint density at radius 1 is 1.04 bits per heavy atom. The molecule has 0 radical (unpaired) electrons. The Bertz CT molecular complexity index is 655. The van der Waals surface area contributed by atoms with Gasteiger partial charge in [0.15, 0.2) is 0 Å². The number of aromatic nitrogens is 2. The molecule has 0 unspecified atom stereocenters. The fraction of sp³-hybridized carbons (Fsp3) is 0.444. The van der Waals surface area contributed by atoms with Crippen LogP contribution in [0.4, 0.5) is 5.95 Å². The summed E-state index contributed by atoms with van der Waals surface area (Å²) in [5.74, 6) is 0.864. The topological polar surface area (TPSA) is 41.5 Å². The minimum atomic E-state index is 0.769. The van der Waals surface area contributed by atoms with Gasteiger partial charge in [-0.1, -0.05) is 30.3 Å². The molecule has 0 bridgehead atoms. The lowest BCUT2D eigenvalue weighted by molar-refractivity contribution is 0.122. The first-order valence-corrected chi connectivity index (χ1v) is 8.32. The number of anilines is 1. The van der Waals surface area contributed by atoms with Crippen LogP contribution in [0.25, 0.3) is 0 Å². The van der Waals surface area contributed by atoms with Gasteiger partial charge in [-0.15, -0.1) is 0 Å². The van der Waals surface area contributed by atoms with Gasteiger partial charge >= 0.3 is 0 Å². The second-order valence-electron chi connectivity index (χ2n) is 6.19. The molecule has 5 heteroatoms. The third-order valence-electron chi connectivity index (χ3n) is 4.54. The molecule has 2 aromatic rings. The van der Waals surface area contributed by atoms with Crippen LogP contribution in [0.15, 0.2) is 36.5 Å². The molecular formula is C18H22N4O. The van der Waals surface area contributed by atoms with Crippen molar-refractivity contribution < 1.29 is 4.74 Å². The third-order valence-corrected chi connectivity index (χ3v) is 4.54. The molecule has 0 aliphatic carbocycles. The largest absolute Gasteiger partial charge is 0.378 e. The van der Waals surface area contributed by atoms with Crippen LogP contribution in [0, 0.1) is 0 Å². The summed E-state index contributed by atoms with van der Waals surface area (Å²) in [4.78, 5) is 14.1. The third kappa shape index (κ3) is 3.35. The molecule has 2 aliphatic rings. The van der Waals surface area contributed by atoms with E-state index in [0.29, 0.717) is 0 Å². The van der Waals surface area contributed by atoms with Crippen LogP contribution in [-0.4, -0.2) is 47.7 Å². The number of morpholine rings is 1. The Kier molecular flexibility index (Phi) is 4.22. The van der Waals surface area contributed by atoms with Crippen LogP contribution >= 0.6 is 0 Å². The zero-order valence-corrected chi connectivity index (χ0v) is 13.3. The van der Waals surface area contributed by atoms with Crippen LogP contribution in [0.5, 0.6) is 0 Å². The summed E-state index contributed by atoms with van der Waals surface area (Å²) in [5.41, 5.74) is 3.84. The number of rotatable bonds is 3. The van der Waals surface area contributed by atoms with E-state index in [1.807, 2.05) is 6.20 Å². The molecule has 0 amide bonds. The van der Waals surface area contributed by atoms with E-state index in [1.54, 1.807) is 0 Å². The number of benzene rings is 1. The highest BCUT2D eigenvalue weighted by molar-refractivity contribution is 5.34. The summed E-state index contributed by atoms with van der Waals surface area (Å²) >= 11 is 0. The summed E-state index contributed by atoms with van der Waals surface area (Å²) in [5, 5.41) is 0. The van der Waals surface area contributed by atoms with Gasteiger partial charge in [-0.3, -0.25) is 4.90 Å². The fourth-order valence-electron chi connectivity index (χ4n) is 3.26. The molecule has 23 heavy (non-hydrogen) atoms. The summed E-state index contributed by atoms with van der Waals surface area (Å²) < 4.78 is 5.40. The predicted molar refractivity (Wildman–Crippen MR) is 89.3 cm³/mol. The van der Waals surface area contributed by atoms with Gasteiger partial charge in [-0.2, -0.15) is 0 Å². The van der Waals surface area contributed by atoms with Crippen molar-refractivity contribution in [2.75, 3.05) is 37.7 Å². The van der Waals surface area contributed by atoms with E-state index in [4.69, 9.17) is 9.72 Å². The maximum absolute atomic E-state index is 5.40. The lowest BCUT2D eigenvalue weighted by atomic mass is 10.1. The van der Waals surface area contributed by atoms with Crippen LogP contribution in [0.2, 0.25) is 0 Å². The summed E-state index contributed by atoms with van der Waals surface area (Å²) in [6.45, 7) is 6.30. The van der Waals surface area contributed by atoms with Crippen molar-refractivity contribution >= 4 is 5.95 Å². The minimum absolute atomic E-state index is 0.769. The van der Waals surface area contributed by atoms with Gasteiger partial charge in [-0.05, 0) is 5.56 Å². The van der Waals surface area contributed by atoms with Crippen molar-refractivity contribution in [3.8, 4) is 0 Å². The van der Waals surface area contributed by atoms with E-state index >= 15 is 0 Å². The van der Waals surface area contributed by atoms with E-state index in [9.17, 15) is 0 Å². The minimum Gasteiger partial charge on any atom is -0.378 e. The van der Waals surface area contributed by atoms with Crippen LogP contribution in [-0.2, 0) is 24.2 Å². The number of hydrogen-bond acceptors (Lipinski definition) is 5. The van der Waals surface area contributed by atoms with Crippen molar-refractivity contribution in [2.24, 2.45) is 0 Å². The van der Waals surface area contributed by atoms with Crippen molar-refractivity contribution in [1.82, 2.24) is 14.9 Å². The van der Waals surface area contributed by atoms with Gasteiger partial charge in [0.1, 0.15) is 0 Å². The van der Waals surface area contributed by atoms with Gasteiger partial charge < -0.3 is 9.64 Å². The van der Waals surface area contributed by atoms with Gasteiger partial charge in [0.2, 0.25) is 5.95 Å². The van der Waals surface area contributed by atoms with Crippen molar-refractivity contribution in [3.05, 3.63) is 53.3 Å². The molecule has 0 N–H and O–H groups in total. The zero-order chi connectivity index (χ0) is 15.5. The lowest BCUT2D eigenvalue weighted by Gasteiger charge is -2.30. The van der Waals surface area contributed by atoms with Crippen LogP contribution in [0.1, 0.15) is 16.8 Å². The predicted octanol–water partition coefficient (Wildman–Crippen LogP) is 1.87. The maximum atomic E-state index is 5.40. The average Bonchev–Trinajstić information content (AvgIpc) is 2.63. The molecule has 0 spiro atoms. The average molecular weight is 310 g/mol. The molecular weight excluding hydrogens is 288 g/mol. The molecule has 3 heterocycles. The standard InChI is InChI=1S/C18H22N4O/c1-2-4-15(5-3-1)13-21-7-6-17-16(14-21)12-19-18(20-17)22-8-10-23-11-9-22/h1-5,12H,6-11,13-14H2. The normalized spacial score (nSPS) is 18.7. The number of fused-ring (bicyclic) bond motifs is 1. The van der Waals surface area contributed by atoms with Gasteiger partial charge in [0.25, 0.3) is 0 Å². The Morgan fingerprint density at radius 3 is 2.70 bits per heavy atom. The molecule has 4 rings (SSSR count). The zero-order valence-electron chi connectivity index (χ0n) is 13.3. The number of ether oxygens (including phenoxy) is 1. The van der Waals surface area contributed by atoms with Gasteiger partial charge in [0, 0.05) is 50.9 Å². The quantitative estimate of drug-likeness (QED) is 0.866. The highest BCUT2D eigenvalue weighted by Gasteiger charge is 2.21. The van der Waals surface area contributed by atoms with Gasteiger partial charge in [-0.25, -0.2) is 9.97 Å². The summed E-state index contributed by atoms with van der Waals surface area (Å²) in [6, 6.07) is 10.6. The highest BCUT2D eigenvalue weighted by Crippen LogP contribution is 2.21. The molecule has 2 aliphatic heterocycles. The number of hydrogen-bond donors (Lipinski definition) is 0. The van der Waals surface area contributed by atoms with E-state index in [0.717, 1.165) is 58.3 Å². The molecule has 1 saturated heterocycles. The van der Waals surface area contributed by atoms with E-state index < -0.39 is 0 Å². The Hall–Kier alpha value is -1.98. The van der Waals surface area contributed by atoms with E-state index in [2.05, 4.69) is 45.1 Å². The molecule has 1 fully saturated rings. The Morgan fingerprint density at radius 2 is 1.87 bits per heavy atom. The first kappa shape index (κ1) is 14.6. The lowest BCUT2D eigenvalue weighted by Crippen LogP contribution is -2.38. The van der Waals surface area contributed by atoms with E-state index in [1.165, 1.54) is 16.8 Å². The maximum Gasteiger partial charge on any atom is 0.225 e. The first-order valence-electron chi connectivity index (χ1n) is 8.32. The van der Waals surface area contributed by atoms with Crippen LogP contribution < -0.4 is 4.90 Å². The Balaban J connectivity index is 1.45. The smallest absolute Gasteiger partial charge is 0.225 e. The van der Waals surface area contributed by atoms with Crippen molar-refractivity contribution in [3.63, 3.8) is 0 Å². The molecule has 120 valence electrons. The summed E-state index contributed by atoms with van der Waals surface area (Å²) in [6.07, 6.45) is 3.02. The molecule has 0 saturated carbocycles. The van der Waals surface area contributed by atoms with Crippen molar-refractivity contribution in [1.29, 1.82) is 0 Å². The molecule has 5 nitrogen and oxygen atoms in total. The van der Waals surface area contributed by atoms with Gasteiger partial charge in [0.05, 0.1) is 18.9 Å². The second kappa shape index (κ2) is 6.64. The first-order chi connectivity index (χ1) is 11.4. The van der Waals surface area contributed by atoms with E-state index in [-0.39, 0.29) is 0 Å². The Labute approximate surface area is 136 Å². The van der Waals surface area contributed by atoms with Crippen LogP contribution in [0.3, 0.4) is 0 Å². The fourth-order valence-corrected chi connectivity index (χ4v) is 3.26.